The van der Waals surface area contributed by atoms with E-state index in [-0.39, 0.29) is 18.6 Å². The lowest BCUT2D eigenvalue weighted by Gasteiger charge is -2.07. The van der Waals surface area contributed by atoms with E-state index < -0.39 is 23.9 Å². The Bertz CT molecular complexity index is 568. The number of para-hydroxylation sites is 1. The lowest BCUT2D eigenvalue weighted by atomic mass is 10.1. The van der Waals surface area contributed by atoms with Crippen LogP contribution in [0.1, 0.15) is 25.3 Å². The molecule has 1 aromatic rings. The number of nitrogens with zero attached hydrogens (tertiary/aromatic N) is 1. The van der Waals surface area contributed by atoms with Gasteiger partial charge in [0, 0.05) is 25.1 Å². The molecule has 0 aliphatic carbocycles. The van der Waals surface area contributed by atoms with Crippen LogP contribution in [0.25, 0.3) is 0 Å². The molecule has 0 aliphatic heterocycles. The minimum Gasteiger partial charge on any atom is -0.480 e. The topological polar surface area (TPSA) is 119 Å². The van der Waals surface area contributed by atoms with E-state index in [1.54, 1.807) is 24.3 Å². The van der Waals surface area contributed by atoms with Crippen LogP contribution in [0.15, 0.2) is 29.3 Å². The first-order chi connectivity index (χ1) is 9.90. The monoisotopic (exact) mass is 292 g/mol. The van der Waals surface area contributed by atoms with E-state index in [2.05, 4.69) is 4.99 Å². The molecule has 0 radical (unpaired) electrons. The van der Waals surface area contributed by atoms with Gasteiger partial charge in [0.2, 0.25) is 5.91 Å². The molecule has 0 aromatic heterocycles. The van der Waals surface area contributed by atoms with E-state index in [4.69, 9.17) is 15.6 Å². The highest BCUT2D eigenvalue weighted by atomic mass is 16.5. The predicted octanol–water partition coefficient (Wildman–Crippen LogP) is 0.750. The molecule has 3 N–H and O–H groups in total. The molecule has 0 unspecified atom stereocenters. The molecule has 0 spiro atoms. The molecule has 0 bridgehead atoms. The molecular formula is C14H16N2O5. The molecule has 0 saturated heterocycles. The van der Waals surface area contributed by atoms with Crippen molar-refractivity contribution in [3.8, 4) is 5.75 Å². The van der Waals surface area contributed by atoms with Gasteiger partial charge in [-0.05, 0) is 18.6 Å². The Hall–Kier alpha value is -2.70. The summed E-state index contributed by atoms with van der Waals surface area (Å²) in [5, 5.41) is 9.03. The number of aliphatic imine (C=N–C) groups is 1. The molecule has 1 rings (SSSR count). The lowest BCUT2D eigenvalue weighted by molar-refractivity contribution is -0.138. The Morgan fingerprint density at radius 3 is 2.62 bits per heavy atom. The van der Waals surface area contributed by atoms with Crippen LogP contribution in [0.2, 0.25) is 0 Å². The second-order valence-corrected chi connectivity index (χ2v) is 4.27. The number of carbonyl (C=O) groups is 3. The molecule has 0 aliphatic rings. The van der Waals surface area contributed by atoms with Crippen molar-refractivity contribution in [2.45, 2.75) is 25.8 Å². The number of amides is 1. The summed E-state index contributed by atoms with van der Waals surface area (Å²) in [6, 6.07) is 5.50. The zero-order valence-electron chi connectivity index (χ0n) is 11.5. The highest BCUT2D eigenvalue weighted by Crippen LogP contribution is 2.16. The number of ether oxygens (including phenoxy) is 1. The van der Waals surface area contributed by atoms with Crippen molar-refractivity contribution < 1.29 is 24.2 Å². The van der Waals surface area contributed by atoms with E-state index in [0.29, 0.717) is 5.56 Å². The summed E-state index contributed by atoms with van der Waals surface area (Å²) in [4.78, 5) is 36.6. The Balaban J connectivity index is 2.88. The van der Waals surface area contributed by atoms with Gasteiger partial charge in [0.1, 0.15) is 11.8 Å². The van der Waals surface area contributed by atoms with Crippen molar-refractivity contribution in [1.29, 1.82) is 0 Å². The Morgan fingerprint density at radius 2 is 2.05 bits per heavy atom. The zero-order chi connectivity index (χ0) is 15.8. The van der Waals surface area contributed by atoms with Crippen LogP contribution < -0.4 is 10.5 Å². The number of hydrogen-bond donors (Lipinski definition) is 2. The zero-order valence-corrected chi connectivity index (χ0v) is 11.5. The standard InChI is InChI=1S/C14H16N2O5/c1-9(17)21-12-5-3-2-4-10(12)8-16-11(14(19)20)6-7-13(15)18/h2-5,8,11H,6-7H2,1H3,(H2,15,18)(H,19,20)/t11-/m0/s1. The molecular weight excluding hydrogens is 276 g/mol. The van der Waals surface area contributed by atoms with Crippen LogP contribution in [-0.4, -0.2) is 35.2 Å². The average molecular weight is 292 g/mol. The maximum atomic E-state index is 11.0. The minimum absolute atomic E-state index is 0.0108. The van der Waals surface area contributed by atoms with Crippen molar-refractivity contribution in [2.75, 3.05) is 0 Å². The summed E-state index contributed by atoms with van der Waals surface area (Å²) < 4.78 is 4.98. The number of carboxylic acids is 1. The molecule has 1 aromatic carbocycles. The first-order valence-electron chi connectivity index (χ1n) is 6.22. The molecule has 0 fully saturated rings. The molecule has 7 nitrogen and oxygen atoms in total. The third kappa shape index (κ3) is 5.85. The second kappa shape index (κ2) is 7.78. The average Bonchev–Trinajstić information content (AvgIpc) is 2.39. The number of nitrogens with two attached hydrogens (primary N) is 1. The van der Waals surface area contributed by atoms with E-state index >= 15 is 0 Å². The number of benzene rings is 1. The fourth-order valence-corrected chi connectivity index (χ4v) is 1.55. The van der Waals surface area contributed by atoms with E-state index in [1.165, 1.54) is 13.1 Å². The molecule has 112 valence electrons. The number of primary amides is 1. The largest absolute Gasteiger partial charge is 0.480 e. The number of rotatable bonds is 7. The predicted molar refractivity (Wildman–Crippen MR) is 75.2 cm³/mol. The second-order valence-electron chi connectivity index (χ2n) is 4.27. The normalized spacial score (nSPS) is 12.0. The summed E-state index contributed by atoms with van der Waals surface area (Å²) in [6.45, 7) is 1.26. The lowest BCUT2D eigenvalue weighted by Crippen LogP contribution is -2.21. The van der Waals surface area contributed by atoms with Gasteiger partial charge in [0.05, 0.1) is 0 Å². The van der Waals surface area contributed by atoms with Crippen LogP contribution in [0, 0.1) is 0 Å². The van der Waals surface area contributed by atoms with Gasteiger partial charge in [-0.3, -0.25) is 14.6 Å². The summed E-state index contributed by atoms with van der Waals surface area (Å²) in [5.41, 5.74) is 5.46. The first-order valence-corrected chi connectivity index (χ1v) is 6.22. The molecule has 0 saturated carbocycles. The Labute approximate surface area is 121 Å². The summed E-state index contributed by atoms with van der Waals surface area (Å²) in [6.07, 6.45) is 1.24. The third-order valence-electron chi connectivity index (χ3n) is 2.52. The number of hydrogen-bond acceptors (Lipinski definition) is 5. The van der Waals surface area contributed by atoms with Gasteiger partial charge in [-0.25, -0.2) is 4.79 Å². The SMILES string of the molecule is CC(=O)Oc1ccccc1C=N[C@@H](CCC(N)=O)C(=O)O. The van der Waals surface area contributed by atoms with Crippen LogP contribution >= 0.6 is 0 Å². The fraction of sp³-hybridized carbons (Fsp3) is 0.286. The number of carboxylic acid groups (broad SMARTS) is 1. The maximum Gasteiger partial charge on any atom is 0.328 e. The summed E-state index contributed by atoms with van der Waals surface area (Å²) in [5.74, 6) is -1.94. The third-order valence-corrected chi connectivity index (χ3v) is 2.52. The van der Waals surface area contributed by atoms with Crippen molar-refractivity contribution in [1.82, 2.24) is 0 Å². The van der Waals surface area contributed by atoms with Crippen LogP contribution in [0.3, 0.4) is 0 Å². The van der Waals surface area contributed by atoms with Crippen LogP contribution in [0.4, 0.5) is 0 Å². The van der Waals surface area contributed by atoms with E-state index in [0.717, 1.165) is 0 Å². The molecule has 21 heavy (non-hydrogen) atoms. The minimum atomic E-state index is -1.16. The van der Waals surface area contributed by atoms with E-state index in [9.17, 15) is 14.4 Å². The Morgan fingerprint density at radius 1 is 1.38 bits per heavy atom. The quantitative estimate of drug-likeness (QED) is 0.436. The van der Waals surface area contributed by atoms with Crippen molar-refractivity contribution >= 4 is 24.1 Å². The molecule has 0 heterocycles. The van der Waals surface area contributed by atoms with Gasteiger partial charge in [-0.15, -0.1) is 0 Å². The fourth-order valence-electron chi connectivity index (χ4n) is 1.55. The molecule has 1 atom stereocenters. The van der Waals surface area contributed by atoms with Gasteiger partial charge in [-0.1, -0.05) is 12.1 Å². The maximum absolute atomic E-state index is 11.0. The molecule has 7 heteroatoms. The highest BCUT2D eigenvalue weighted by Gasteiger charge is 2.16. The first kappa shape index (κ1) is 16.4. The number of carbonyl (C=O) groups excluding carboxylic acids is 2. The smallest absolute Gasteiger partial charge is 0.328 e. The van der Waals surface area contributed by atoms with Crippen LogP contribution in [-0.2, 0) is 14.4 Å². The van der Waals surface area contributed by atoms with Gasteiger partial charge >= 0.3 is 11.9 Å². The molecule has 1 amide bonds. The number of esters is 1. The van der Waals surface area contributed by atoms with Gasteiger partial charge in [0.15, 0.2) is 0 Å². The number of aliphatic carboxylic acids is 1. The van der Waals surface area contributed by atoms with E-state index in [1.807, 2.05) is 0 Å². The highest BCUT2D eigenvalue weighted by molar-refractivity contribution is 5.87. The van der Waals surface area contributed by atoms with Gasteiger partial charge < -0.3 is 15.6 Å². The van der Waals surface area contributed by atoms with Crippen molar-refractivity contribution in [3.05, 3.63) is 29.8 Å². The van der Waals surface area contributed by atoms with Crippen molar-refractivity contribution in [2.24, 2.45) is 10.7 Å². The van der Waals surface area contributed by atoms with Gasteiger partial charge in [-0.2, -0.15) is 0 Å². The Kier molecular flexibility index (Phi) is 6.06. The van der Waals surface area contributed by atoms with Crippen molar-refractivity contribution in [3.63, 3.8) is 0 Å². The van der Waals surface area contributed by atoms with Gasteiger partial charge in [0.25, 0.3) is 0 Å². The summed E-state index contributed by atoms with van der Waals surface area (Å²) >= 11 is 0. The van der Waals surface area contributed by atoms with Crippen LogP contribution in [0.5, 0.6) is 5.75 Å². The summed E-state index contributed by atoms with van der Waals surface area (Å²) in [7, 11) is 0.